The number of hydrogen-bond acceptors (Lipinski definition) is 3. The number of nitrogens with zero attached hydrogens (tertiary/aromatic N) is 1. The molecule has 1 aliphatic carbocycles. The Bertz CT molecular complexity index is 1220. The molecular weight excluding hydrogens is 559 g/mol. The van der Waals surface area contributed by atoms with Gasteiger partial charge in [-0.25, -0.2) is 4.39 Å². The standard InChI is InChI=1S/C29H29BrClFN2O3/c30-22-14-15-27(24(31)17-22)37-19-28(35)34(18-21-10-4-7-13-25(21)32)26(16-20-8-2-1-3-9-20)29(36)33-23-11-5-6-12-23/h1-4,7-10,13-15,17,23,26H,5-6,11-12,16,18-19H2,(H,33,36). The minimum atomic E-state index is -0.848. The lowest BCUT2D eigenvalue weighted by molar-refractivity contribution is -0.143. The molecule has 0 heterocycles. The highest BCUT2D eigenvalue weighted by Crippen LogP contribution is 2.28. The van der Waals surface area contributed by atoms with Crippen LogP contribution < -0.4 is 10.1 Å². The van der Waals surface area contributed by atoms with Crippen LogP contribution in [0.4, 0.5) is 4.39 Å². The van der Waals surface area contributed by atoms with Crippen LogP contribution in [-0.2, 0) is 22.6 Å². The van der Waals surface area contributed by atoms with E-state index in [4.69, 9.17) is 16.3 Å². The summed E-state index contributed by atoms with van der Waals surface area (Å²) in [7, 11) is 0. The predicted molar refractivity (Wildman–Crippen MR) is 146 cm³/mol. The minimum absolute atomic E-state index is 0.0709. The minimum Gasteiger partial charge on any atom is -0.482 e. The summed E-state index contributed by atoms with van der Waals surface area (Å²) < 4.78 is 21.2. The highest BCUT2D eigenvalue weighted by Gasteiger charge is 2.33. The molecule has 194 valence electrons. The average Bonchev–Trinajstić information content (AvgIpc) is 3.40. The van der Waals surface area contributed by atoms with Crippen molar-refractivity contribution in [3.63, 3.8) is 0 Å². The van der Waals surface area contributed by atoms with E-state index in [1.165, 1.54) is 11.0 Å². The maximum atomic E-state index is 14.7. The Morgan fingerprint density at radius 3 is 2.46 bits per heavy atom. The van der Waals surface area contributed by atoms with Gasteiger partial charge in [-0.15, -0.1) is 0 Å². The molecule has 1 N–H and O–H groups in total. The van der Waals surface area contributed by atoms with Crippen LogP contribution in [0.15, 0.2) is 77.3 Å². The third-order valence-electron chi connectivity index (χ3n) is 6.52. The van der Waals surface area contributed by atoms with Crippen molar-refractivity contribution >= 4 is 39.3 Å². The summed E-state index contributed by atoms with van der Waals surface area (Å²) in [6, 6.07) is 20.1. The summed E-state index contributed by atoms with van der Waals surface area (Å²) in [5, 5.41) is 3.48. The molecular formula is C29H29BrClFN2O3. The van der Waals surface area contributed by atoms with Crippen LogP contribution in [0.1, 0.15) is 36.8 Å². The molecule has 0 aliphatic heterocycles. The Kier molecular flexibility index (Phi) is 9.58. The maximum absolute atomic E-state index is 14.7. The van der Waals surface area contributed by atoms with Gasteiger partial charge in [-0.1, -0.05) is 88.9 Å². The van der Waals surface area contributed by atoms with Crippen molar-refractivity contribution in [3.8, 4) is 5.75 Å². The van der Waals surface area contributed by atoms with Crippen LogP contribution >= 0.6 is 27.5 Å². The van der Waals surface area contributed by atoms with Gasteiger partial charge in [0, 0.05) is 29.0 Å². The fraction of sp³-hybridized carbons (Fsp3) is 0.310. The summed E-state index contributed by atoms with van der Waals surface area (Å²) in [6.07, 6.45) is 4.24. The zero-order chi connectivity index (χ0) is 26.2. The first kappa shape index (κ1) is 27.1. The molecule has 1 fully saturated rings. The maximum Gasteiger partial charge on any atom is 0.261 e. The average molecular weight is 588 g/mol. The van der Waals surface area contributed by atoms with Crippen molar-refractivity contribution in [1.82, 2.24) is 10.2 Å². The third kappa shape index (κ3) is 7.55. The molecule has 2 amide bonds. The Hall–Kier alpha value is -2.90. The molecule has 0 spiro atoms. The number of hydrogen-bond donors (Lipinski definition) is 1. The van der Waals surface area contributed by atoms with Gasteiger partial charge in [0.05, 0.1) is 5.02 Å². The number of carbonyl (C=O) groups is 2. The van der Waals surface area contributed by atoms with E-state index in [9.17, 15) is 14.0 Å². The second kappa shape index (κ2) is 13.1. The smallest absolute Gasteiger partial charge is 0.261 e. The molecule has 4 rings (SSSR count). The van der Waals surface area contributed by atoms with Crippen molar-refractivity contribution < 1.29 is 18.7 Å². The monoisotopic (exact) mass is 586 g/mol. The molecule has 5 nitrogen and oxygen atoms in total. The number of ether oxygens (including phenoxy) is 1. The molecule has 3 aromatic rings. The van der Waals surface area contributed by atoms with E-state index in [2.05, 4.69) is 21.2 Å². The Morgan fingerprint density at radius 1 is 1.05 bits per heavy atom. The van der Waals surface area contributed by atoms with Crippen LogP contribution in [-0.4, -0.2) is 35.4 Å². The van der Waals surface area contributed by atoms with Crippen molar-refractivity contribution in [3.05, 3.63) is 99.2 Å². The predicted octanol–water partition coefficient (Wildman–Crippen LogP) is 6.32. The van der Waals surface area contributed by atoms with Gasteiger partial charge in [0.2, 0.25) is 5.91 Å². The fourth-order valence-electron chi connectivity index (χ4n) is 4.55. The number of nitrogens with one attached hydrogen (secondary N) is 1. The Labute approximate surface area is 230 Å². The summed E-state index contributed by atoms with van der Waals surface area (Å²) in [4.78, 5) is 28.7. The van der Waals surface area contributed by atoms with Gasteiger partial charge in [-0.05, 0) is 42.7 Å². The Morgan fingerprint density at radius 2 is 1.76 bits per heavy atom. The lowest BCUT2D eigenvalue weighted by atomic mass is 10.0. The van der Waals surface area contributed by atoms with Crippen molar-refractivity contribution in [2.24, 2.45) is 0 Å². The molecule has 0 bridgehead atoms. The van der Waals surface area contributed by atoms with E-state index in [1.807, 2.05) is 30.3 Å². The molecule has 0 radical (unpaired) electrons. The van der Waals surface area contributed by atoms with E-state index < -0.39 is 17.8 Å². The van der Waals surface area contributed by atoms with Crippen molar-refractivity contribution in [2.45, 2.75) is 50.7 Å². The molecule has 37 heavy (non-hydrogen) atoms. The van der Waals surface area contributed by atoms with E-state index in [-0.39, 0.29) is 25.1 Å². The van der Waals surface area contributed by atoms with E-state index >= 15 is 0 Å². The molecule has 8 heteroatoms. The lowest BCUT2D eigenvalue weighted by Crippen LogP contribution is -2.53. The molecule has 0 aromatic heterocycles. The topological polar surface area (TPSA) is 58.6 Å². The van der Waals surface area contributed by atoms with Gasteiger partial charge in [-0.2, -0.15) is 0 Å². The summed E-state index contributed by atoms with van der Waals surface area (Å²) in [5.41, 5.74) is 1.22. The molecule has 1 aliphatic rings. The molecule has 1 saturated carbocycles. The van der Waals surface area contributed by atoms with Crippen molar-refractivity contribution in [2.75, 3.05) is 6.61 Å². The van der Waals surface area contributed by atoms with Crippen molar-refractivity contribution in [1.29, 1.82) is 0 Å². The second-order valence-corrected chi connectivity index (χ2v) is 10.5. The molecule has 0 saturated heterocycles. The van der Waals surface area contributed by atoms with Crippen LogP contribution in [0.2, 0.25) is 5.02 Å². The second-order valence-electron chi connectivity index (χ2n) is 9.17. The van der Waals surface area contributed by atoms with Gasteiger partial charge >= 0.3 is 0 Å². The molecule has 1 atom stereocenters. The third-order valence-corrected chi connectivity index (χ3v) is 7.30. The fourth-order valence-corrected chi connectivity index (χ4v) is 5.27. The Balaban J connectivity index is 1.63. The number of rotatable bonds is 10. The summed E-state index contributed by atoms with van der Waals surface area (Å²) >= 11 is 9.62. The quantitative estimate of drug-likeness (QED) is 0.302. The summed E-state index contributed by atoms with van der Waals surface area (Å²) in [5.74, 6) is -0.780. The molecule has 1 unspecified atom stereocenters. The van der Waals surface area contributed by atoms with Gasteiger partial charge < -0.3 is 15.0 Å². The highest BCUT2D eigenvalue weighted by molar-refractivity contribution is 9.10. The zero-order valence-electron chi connectivity index (χ0n) is 20.3. The number of halogens is 3. The number of benzene rings is 3. The van der Waals surface area contributed by atoms with Gasteiger partial charge in [0.15, 0.2) is 6.61 Å². The van der Waals surface area contributed by atoms with Crippen LogP contribution in [0.3, 0.4) is 0 Å². The normalized spacial score (nSPS) is 14.2. The van der Waals surface area contributed by atoms with Crippen LogP contribution in [0.25, 0.3) is 0 Å². The first-order valence-corrected chi connectivity index (χ1v) is 13.5. The first-order chi connectivity index (χ1) is 17.9. The van der Waals surface area contributed by atoms with E-state index in [0.717, 1.165) is 35.7 Å². The van der Waals surface area contributed by atoms with Gasteiger partial charge in [-0.3, -0.25) is 9.59 Å². The van der Waals surface area contributed by atoms with Gasteiger partial charge in [0.25, 0.3) is 5.91 Å². The first-order valence-electron chi connectivity index (χ1n) is 12.4. The van der Waals surface area contributed by atoms with Crippen LogP contribution in [0.5, 0.6) is 5.75 Å². The largest absolute Gasteiger partial charge is 0.482 e. The molecule has 3 aromatic carbocycles. The van der Waals surface area contributed by atoms with E-state index in [1.54, 1.807) is 36.4 Å². The summed E-state index contributed by atoms with van der Waals surface area (Å²) in [6.45, 7) is -0.420. The van der Waals surface area contributed by atoms with Crippen LogP contribution in [0, 0.1) is 5.82 Å². The van der Waals surface area contributed by atoms with E-state index in [0.29, 0.717) is 22.8 Å². The highest BCUT2D eigenvalue weighted by atomic mass is 79.9. The number of carbonyl (C=O) groups excluding carboxylic acids is 2. The number of amides is 2. The SMILES string of the molecule is O=C(NC1CCCC1)C(Cc1ccccc1)N(Cc1ccccc1F)C(=O)COc1ccc(Br)cc1Cl. The lowest BCUT2D eigenvalue weighted by Gasteiger charge is -2.32. The zero-order valence-corrected chi connectivity index (χ0v) is 22.7. The van der Waals surface area contributed by atoms with Gasteiger partial charge in [0.1, 0.15) is 17.6 Å².